The molecule has 0 bridgehead atoms. The third kappa shape index (κ3) is 5.85. The van der Waals surface area contributed by atoms with E-state index in [1.54, 1.807) is 24.3 Å². The normalized spacial score (nSPS) is 14.8. The van der Waals surface area contributed by atoms with Gasteiger partial charge >= 0.3 is 0 Å². The van der Waals surface area contributed by atoms with Crippen molar-refractivity contribution in [2.75, 3.05) is 4.90 Å². The molecule has 5 heteroatoms. The summed E-state index contributed by atoms with van der Waals surface area (Å²) < 4.78 is 129. The molecule has 9 aromatic carbocycles. The fourth-order valence-corrected chi connectivity index (χ4v) is 7.35. The molecule has 0 saturated heterocycles. The zero-order valence-electron chi connectivity index (χ0n) is 44.2. The first kappa shape index (κ1) is 22.0. The second-order valence-electron chi connectivity index (χ2n) is 13.4. The molecule has 0 spiro atoms. The van der Waals surface area contributed by atoms with Crippen LogP contribution < -0.4 is 4.90 Å². The van der Waals surface area contributed by atoms with Gasteiger partial charge in [-0.15, -0.1) is 0 Å². The molecule has 0 unspecified atom stereocenters. The Morgan fingerprint density at radius 3 is 1.50 bits per heavy atom. The second kappa shape index (κ2) is 14.0. The van der Waals surface area contributed by atoms with Crippen LogP contribution in [0.25, 0.3) is 88.8 Å². The van der Waals surface area contributed by atoms with E-state index in [-0.39, 0.29) is 11.1 Å². The van der Waals surface area contributed by atoms with Crippen molar-refractivity contribution in [3.8, 4) is 45.3 Å². The number of anilines is 3. The molecule has 2 aromatic heterocycles. The van der Waals surface area contributed by atoms with Crippen molar-refractivity contribution in [1.29, 1.82) is 0 Å². The quantitative estimate of drug-likeness (QED) is 0.162. The predicted molar refractivity (Wildman–Crippen MR) is 239 cm³/mol. The van der Waals surface area contributed by atoms with Gasteiger partial charge in [-0.1, -0.05) is 151 Å². The smallest absolute Gasteiger partial charge is 0.164 e. The van der Waals surface area contributed by atoms with E-state index in [1.165, 1.54) is 0 Å². The lowest BCUT2D eigenvalue weighted by Crippen LogP contribution is -2.09. The summed E-state index contributed by atoms with van der Waals surface area (Å²) in [5.41, 5.74) is 0.788. The molecule has 11 rings (SSSR count). The molecule has 0 amide bonds. The minimum atomic E-state index is -0.879. The van der Waals surface area contributed by atoms with Gasteiger partial charge in [0.1, 0.15) is 11.2 Å². The Bertz CT molecular complexity index is 3880. The lowest BCUT2D eigenvalue weighted by atomic mass is 10.0. The average molecular weight is 757 g/mol. The number of fused-ring (bicyclic) bond motifs is 5. The van der Waals surface area contributed by atoms with E-state index in [4.69, 9.17) is 33.1 Å². The summed E-state index contributed by atoms with van der Waals surface area (Å²) in [6.07, 6.45) is 0. The highest BCUT2D eigenvalue weighted by Crippen LogP contribution is 2.40. The fraction of sp³-hybridized carbons (Fsp3) is 0. The number of hydrogen-bond acceptors (Lipinski definition) is 5. The maximum atomic E-state index is 9.37. The lowest BCUT2D eigenvalue weighted by Gasteiger charge is -2.25. The van der Waals surface area contributed by atoms with Crippen LogP contribution in [0.5, 0.6) is 0 Å². The highest BCUT2D eigenvalue weighted by atomic mass is 16.3. The number of nitrogens with zero attached hydrogens (tertiary/aromatic N) is 4. The summed E-state index contributed by atoms with van der Waals surface area (Å²) in [5.74, 6) is 1.27. The lowest BCUT2D eigenvalue weighted by molar-refractivity contribution is 0.669. The predicted octanol–water partition coefficient (Wildman–Crippen LogP) is 14.2. The van der Waals surface area contributed by atoms with Crippen LogP contribution in [-0.4, -0.2) is 15.0 Å². The van der Waals surface area contributed by atoms with Crippen LogP contribution in [0.4, 0.5) is 17.1 Å². The van der Waals surface area contributed by atoms with Gasteiger partial charge in [0.2, 0.25) is 0 Å². The summed E-state index contributed by atoms with van der Waals surface area (Å²) in [4.78, 5) is 16.0. The summed E-state index contributed by atoms with van der Waals surface area (Å²) in [6, 6.07) is 27.0. The van der Waals surface area contributed by atoms with Crippen LogP contribution in [0.3, 0.4) is 0 Å². The van der Waals surface area contributed by atoms with Crippen molar-refractivity contribution >= 4 is 60.5 Å². The van der Waals surface area contributed by atoms with Crippen LogP contribution in [0.2, 0.25) is 0 Å². The highest BCUT2D eigenvalue weighted by Gasteiger charge is 2.20. The third-order valence-corrected chi connectivity index (χ3v) is 9.98. The molecule has 0 aliphatic carbocycles. The van der Waals surface area contributed by atoms with Crippen molar-refractivity contribution in [3.63, 3.8) is 0 Å². The molecule has 0 saturated carbocycles. The van der Waals surface area contributed by atoms with E-state index in [1.807, 2.05) is 97.1 Å². The van der Waals surface area contributed by atoms with Gasteiger partial charge in [-0.05, 0) is 87.1 Å². The number of para-hydroxylation sites is 2. The number of benzene rings is 9. The van der Waals surface area contributed by atoms with Gasteiger partial charge in [0.05, 0.1) is 19.2 Å². The Morgan fingerprint density at radius 2 is 0.897 bits per heavy atom. The molecule has 272 valence electrons. The van der Waals surface area contributed by atoms with Gasteiger partial charge in [0.15, 0.2) is 17.5 Å². The summed E-state index contributed by atoms with van der Waals surface area (Å²) in [5, 5.41) is 5.21. The molecule has 11 aromatic rings. The molecule has 0 aliphatic heterocycles. The van der Waals surface area contributed by atoms with E-state index in [2.05, 4.69) is 0 Å². The molecule has 0 radical (unpaired) electrons. The van der Waals surface area contributed by atoms with Crippen LogP contribution >= 0.6 is 0 Å². The van der Waals surface area contributed by atoms with Crippen LogP contribution in [-0.2, 0) is 0 Å². The number of aromatic nitrogens is 3. The Morgan fingerprint density at radius 1 is 0.397 bits per heavy atom. The molecule has 5 nitrogen and oxygen atoms in total. The van der Waals surface area contributed by atoms with Crippen molar-refractivity contribution in [2.45, 2.75) is 0 Å². The molecule has 0 N–H and O–H groups in total. The van der Waals surface area contributed by atoms with Gasteiger partial charge in [-0.25, -0.2) is 15.0 Å². The minimum absolute atomic E-state index is 0.195. The van der Waals surface area contributed by atoms with Crippen LogP contribution in [0, 0.1) is 0 Å². The molecule has 58 heavy (non-hydrogen) atoms. The Hall–Kier alpha value is -7.89. The topological polar surface area (TPSA) is 55.1 Å². The molecular weight excluding hydrogens is 709 g/mol. The Labute approximate surface area is 354 Å². The highest BCUT2D eigenvalue weighted by molar-refractivity contribution is 6.12. The van der Waals surface area contributed by atoms with Crippen molar-refractivity contribution < 1.29 is 23.6 Å². The monoisotopic (exact) mass is 756 g/mol. The molecule has 0 fully saturated rings. The van der Waals surface area contributed by atoms with Crippen molar-refractivity contribution in [1.82, 2.24) is 15.0 Å². The zero-order valence-corrected chi connectivity index (χ0v) is 30.2. The second-order valence-corrected chi connectivity index (χ2v) is 13.4. The first-order valence-electron chi connectivity index (χ1n) is 25.3. The van der Waals surface area contributed by atoms with E-state index in [0.29, 0.717) is 49.9 Å². The van der Waals surface area contributed by atoms with E-state index in [9.17, 15) is 5.48 Å². The fourth-order valence-electron chi connectivity index (χ4n) is 7.35. The third-order valence-electron chi connectivity index (χ3n) is 9.98. The standard InChI is InChI=1S/C53H34N4O/c1-3-18-39(19-4-1)57(40-20-5-2-6-21-40)41-31-28-35(29-32-41)38-30-33-46-49(34-38)58-48-27-13-26-47(50(46)48)53-55-51(44-24-11-16-36-14-7-9-22-42(36)44)54-52(56-53)45-25-12-17-37-15-8-10-23-43(37)45/h1-34H/i1D,2D,3D,4D,5D,6D,18D,19D,20D,21D,28D,29D,31D,32D. The Balaban J connectivity index is 1.10. The first-order chi connectivity index (χ1) is 34.6. The minimum Gasteiger partial charge on any atom is -0.456 e. The SMILES string of the molecule is [2H]c1c([2H])c([2H])c(N(c2c([2H])c([2H])c([2H])c([2H])c2[2H])c2c([2H])c([2H])c(-c3ccc4c(c3)oc3cccc(-c5nc(-c6cccc7ccccc67)nc(-c6cccc7ccccc67)n5)c34)c([2H])c2[2H])c([2H])c1[2H]. The number of hydrogen-bond donors (Lipinski definition) is 0. The largest absolute Gasteiger partial charge is 0.456 e. The summed E-state index contributed by atoms with van der Waals surface area (Å²) in [7, 11) is 0. The molecular formula is C53H34N4O. The molecule has 2 heterocycles. The van der Waals surface area contributed by atoms with Crippen LogP contribution in [0.15, 0.2) is 210 Å². The average Bonchev–Trinajstić information content (AvgIpc) is 3.78. The van der Waals surface area contributed by atoms with Crippen molar-refractivity contribution in [2.24, 2.45) is 0 Å². The van der Waals surface area contributed by atoms with E-state index >= 15 is 0 Å². The first-order valence-corrected chi connectivity index (χ1v) is 18.3. The summed E-state index contributed by atoms with van der Waals surface area (Å²) >= 11 is 0. The van der Waals surface area contributed by atoms with Crippen molar-refractivity contribution in [3.05, 3.63) is 206 Å². The van der Waals surface area contributed by atoms with Gasteiger partial charge in [0, 0.05) is 44.5 Å². The number of furan rings is 1. The van der Waals surface area contributed by atoms with Gasteiger partial charge < -0.3 is 9.32 Å². The Kier molecular flexibility index (Phi) is 5.31. The zero-order chi connectivity index (χ0) is 50.6. The van der Waals surface area contributed by atoms with E-state index in [0.717, 1.165) is 32.7 Å². The van der Waals surface area contributed by atoms with E-state index < -0.39 is 102 Å². The van der Waals surface area contributed by atoms with Gasteiger partial charge in [0.25, 0.3) is 0 Å². The number of rotatable bonds is 7. The van der Waals surface area contributed by atoms with Crippen LogP contribution in [0.1, 0.15) is 19.2 Å². The molecule has 0 aliphatic rings. The maximum Gasteiger partial charge on any atom is 0.164 e. The van der Waals surface area contributed by atoms with Gasteiger partial charge in [-0.3, -0.25) is 0 Å². The maximum absolute atomic E-state index is 9.37. The summed E-state index contributed by atoms with van der Waals surface area (Å²) in [6.45, 7) is 0. The van der Waals surface area contributed by atoms with Gasteiger partial charge in [-0.2, -0.15) is 0 Å². The molecule has 0 atom stereocenters.